The van der Waals surface area contributed by atoms with Gasteiger partial charge in [0.15, 0.2) is 0 Å². The lowest BCUT2D eigenvalue weighted by molar-refractivity contribution is 0.0950. The molecule has 1 N–H and O–H groups in total. The van der Waals surface area contributed by atoms with E-state index in [2.05, 4.69) is 10.3 Å². The van der Waals surface area contributed by atoms with Crippen LogP contribution in [0, 0.1) is 5.82 Å². The molecule has 10 heteroatoms. The fourth-order valence-corrected chi connectivity index (χ4v) is 4.23. The van der Waals surface area contributed by atoms with E-state index in [1.54, 1.807) is 18.3 Å². The first-order valence-corrected chi connectivity index (χ1v) is 10.9. The Hall–Kier alpha value is -3.17. The van der Waals surface area contributed by atoms with Crippen molar-refractivity contribution in [3.8, 4) is 5.88 Å². The van der Waals surface area contributed by atoms with Gasteiger partial charge in [-0.3, -0.25) is 9.10 Å². The minimum Gasteiger partial charge on any atom is -0.481 e. The number of amides is 1. The summed E-state index contributed by atoms with van der Waals surface area (Å²) >= 11 is 6.15. The number of hydrogen-bond donors (Lipinski definition) is 1. The molecule has 3 rings (SSSR count). The molecule has 0 aliphatic carbocycles. The zero-order valence-electron chi connectivity index (χ0n) is 16.7. The quantitative estimate of drug-likeness (QED) is 0.578. The van der Waals surface area contributed by atoms with E-state index in [1.165, 1.54) is 44.5 Å². The van der Waals surface area contributed by atoms with E-state index in [4.69, 9.17) is 16.3 Å². The van der Waals surface area contributed by atoms with Gasteiger partial charge in [-0.1, -0.05) is 17.7 Å². The van der Waals surface area contributed by atoms with Crippen LogP contribution in [0.15, 0.2) is 65.7 Å². The Morgan fingerprint density at radius 1 is 1.19 bits per heavy atom. The summed E-state index contributed by atoms with van der Waals surface area (Å²) in [6, 6.07) is 12.3. The van der Waals surface area contributed by atoms with E-state index in [0.717, 1.165) is 16.4 Å². The lowest BCUT2D eigenvalue weighted by atomic mass is 10.2. The first-order valence-electron chi connectivity index (χ1n) is 9.04. The number of carbonyl (C=O) groups is 1. The van der Waals surface area contributed by atoms with Crippen molar-refractivity contribution in [3.05, 3.63) is 82.8 Å². The van der Waals surface area contributed by atoms with Crippen LogP contribution in [0.2, 0.25) is 5.02 Å². The molecule has 0 fully saturated rings. The van der Waals surface area contributed by atoms with Crippen LogP contribution in [0.25, 0.3) is 0 Å². The molecule has 1 amide bonds. The number of methoxy groups -OCH3 is 1. The summed E-state index contributed by atoms with van der Waals surface area (Å²) in [5, 5.41) is 2.78. The van der Waals surface area contributed by atoms with Crippen molar-refractivity contribution in [1.29, 1.82) is 0 Å². The molecule has 7 nitrogen and oxygen atoms in total. The number of pyridine rings is 1. The second-order valence-corrected chi connectivity index (χ2v) is 8.82. The zero-order chi connectivity index (χ0) is 22.6. The molecule has 0 spiro atoms. The molecule has 0 aliphatic heterocycles. The molecule has 0 radical (unpaired) electrons. The van der Waals surface area contributed by atoms with Crippen LogP contribution < -0.4 is 14.4 Å². The normalized spacial score (nSPS) is 11.1. The highest BCUT2D eigenvalue weighted by molar-refractivity contribution is 7.92. The molecular formula is C21H19ClFN3O4S. The molecule has 162 valence electrons. The average Bonchev–Trinajstić information content (AvgIpc) is 2.77. The molecule has 3 aromatic rings. The van der Waals surface area contributed by atoms with Crippen molar-refractivity contribution in [2.24, 2.45) is 0 Å². The summed E-state index contributed by atoms with van der Waals surface area (Å²) in [7, 11) is -1.21. The summed E-state index contributed by atoms with van der Waals surface area (Å²) in [5.74, 6) is -0.672. The van der Waals surface area contributed by atoms with Crippen molar-refractivity contribution < 1.29 is 22.3 Å². The second-order valence-electron chi connectivity index (χ2n) is 6.45. The lowest BCUT2D eigenvalue weighted by Crippen LogP contribution is -2.28. The van der Waals surface area contributed by atoms with Gasteiger partial charge in [0, 0.05) is 25.4 Å². The van der Waals surface area contributed by atoms with Crippen LogP contribution in [-0.4, -0.2) is 33.5 Å². The van der Waals surface area contributed by atoms with Crippen molar-refractivity contribution in [2.75, 3.05) is 18.5 Å². The van der Waals surface area contributed by atoms with Gasteiger partial charge in [0.25, 0.3) is 15.9 Å². The highest BCUT2D eigenvalue weighted by Crippen LogP contribution is 2.26. The molecule has 0 saturated heterocycles. The van der Waals surface area contributed by atoms with Gasteiger partial charge in [-0.05, 0) is 48.5 Å². The smallest absolute Gasteiger partial charge is 0.264 e. The largest absolute Gasteiger partial charge is 0.481 e. The Morgan fingerprint density at radius 2 is 1.90 bits per heavy atom. The Balaban J connectivity index is 1.85. The van der Waals surface area contributed by atoms with E-state index in [1.807, 2.05) is 0 Å². The van der Waals surface area contributed by atoms with Crippen molar-refractivity contribution >= 4 is 33.2 Å². The molecule has 0 aliphatic rings. The summed E-state index contributed by atoms with van der Waals surface area (Å²) in [5.41, 5.74) is 0.915. The Kier molecular flexibility index (Phi) is 6.77. The number of sulfonamides is 1. The van der Waals surface area contributed by atoms with Crippen molar-refractivity contribution in [3.63, 3.8) is 0 Å². The maximum Gasteiger partial charge on any atom is 0.264 e. The molecular weight excluding hydrogens is 445 g/mol. The van der Waals surface area contributed by atoms with E-state index >= 15 is 0 Å². The first-order chi connectivity index (χ1) is 14.7. The summed E-state index contributed by atoms with van der Waals surface area (Å²) in [6.07, 6.45) is 1.56. The predicted octanol–water partition coefficient (Wildman–Crippen LogP) is 3.64. The Bertz CT molecular complexity index is 1200. The number of anilines is 1. The highest BCUT2D eigenvalue weighted by Gasteiger charge is 2.24. The monoisotopic (exact) mass is 463 g/mol. The van der Waals surface area contributed by atoms with Crippen molar-refractivity contribution in [2.45, 2.75) is 11.4 Å². The van der Waals surface area contributed by atoms with Gasteiger partial charge in [-0.2, -0.15) is 0 Å². The third-order valence-electron chi connectivity index (χ3n) is 4.51. The molecule has 2 aromatic carbocycles. The minimum atomic E-state index is -4.01. The highest BCUT2D eigenvalue weighted by atomic mass is 35.5. The topological polar surface area (TPSA) is 88.6 Å². The third-order valence-corrected chi connectivity index (χ3v) is 6.62. The van der Waals surface area contributed by atoms with Gasteiger partial charge in [-0.15, -0.1) is 0 Å². The molecule has 0 bridgehead atoms. The second kappa shape index (κ2) is 9.32. The Morgan fingerprint density at radius 3 is 2.58 bits per heavy atom. The van der Waals surface area contributed by atoms with Gasteiger partial charge in [0.05, 0.1) is 28.3 Å². The maximum absolute atomic E-state index is 13.2. The first kappa shape index (κ1) is 22.5. The molecule has 0 atom stereocenters. The number of nitrogens with one attached hydrogen (secondary N) is 1. The van der Waals surface area contributed by atoms with Crippen LogP contribution in [-0.2, 0) is 16.6 Å². The fraction of sp³-hybridized carbons (Fsp3) is 0.143. The standard InChI is InChI=1S/C21H19ClFN3O4S/c1-26(16-7-5-15(23)6-8-16)31(28,29)17-9-10-19(22)18(12-17)20(27)25-13-14-4-3-11-24-21(14)30-2/h3-12H,13H2,1-2H3,(H,25,27). The fourth-order valence-electron chi connectivity index (χ4n) is 2.80. The molecule has 1 aromatic heterocycles. The lowest BCUT2D eigenvalue weighted by Gasteiger charge is -2.20. The molecule has 1 heterocycles. The zero-order valence-corrected chi connectivity index (χ0v) is 18.2. The molecule has 0 saturated carbocycles. The van der Waals surface area contributed by atoms with Crippen LogP contribution in [0.4, 0.5) is 10.1 Å². The molecule has 0 unspecified atom stereocenters. The number of benzene rings is 2. The minimum absolute atomic E-state index is 0.00175. The van der Waals surface area contributed by atoms with Gasteiger partial charge >= 0.3 is 0 Å². The maximum atomic E-state index is 13.2. The number of nitrogens with zero attached hydrogens (tertiary/aromatic N) is 2. The summed E-state index contributed by atoms with van der Waals surface area (Å²) in [6.45, 7) is 0.110. The van der Waals surface area contributed by atoms with Gasteiger partial charge in [-0.25, -0.2) is 17.8 Å². The van der Waals surface area contributed by atoms with Gasteiger partial charge in [0.1, 0.15) is 5.82 Å². The average molecular weight is 464 g/mol. The summed E-state index contributed by atoms with van der Waals surface area (Å²) in [4.78, 5) is 16.6. The SMILES string of the molecule is COc1ncccc1CNC(=O)c1cc(S(=O)(=O)N(C)c2ccc(F)cc2)ccc1Cl. The number of aromatic nitrogens is 1. The number of ether oxygens (including phenoxy) is 1. The van der Waals surface area contributed by atoms with Gasteiger partial charge in [0.2, 0.25) is 5.88 Å². The van der Waals surface area contributed by atoms with E-state index < -0.39 is 21.7 Å². The Labute approximate surface area is 184 Å². The van der Waals surface area contributed by atoms with Crippen LogP contribution >= 0.6 is 11.6 Å². The van der Waals surface area contributed by atoms with Crippen LogP contribution in [0.1, 0.15) is 15.9 Å². The summed E-state index contributed by atoms with van der Waals surface area (Å²) < 4.78 is 45.3. The number of hydrogen-bond acceptors (Lipinski definition) is 5. The molecule has 31 heavy (non-hydrogen) atoms. The number of halogens is 2. The van der Waals surface area contributed by atoms with Crippen molar-refractivity contribution in [1.82, 2.24) is 10.3 Å². The number of rotatable bonds is 7. The van der Waals surface area contributed by atoms with E-state index in [9.17, 15) is 17.6 Å². The van der Waals surface area contributed by atoms with Crippen LogP contribution in [0.5, 0.6) is 5.88 Å². The van der Waals surface area contributed by atoms with Gasteiger partial charge < -0.3 is 10.1 Å². The van der Waals surface area contributed by atoms with Crippen LogP contribution in [0.3, 0.4) is 0 Å². The van der Waals surface area contributed by atoms with E-state index in [0.29, 0.717) is 11.4 Å². The predicted molar refractivity (Wildman–Crippen MR) is 115 cm³/mol. The van der Waals surface area contributed by atoms with E-state index in [-0.39, 0.29) is 27.7 Å². The third kappa shape index (κ3) is 4.95. The number of carbonyl (C=O) groups excluding carboxylic acids is 1.